The summed E-state index contributed by atoms with van der Waals surface area (Å²) < 4.78 is 24.7. The molecule has 0 bridgehead atoms. The molecule has 0 aliphatic carbocycles. The molecule has 0 amide bonds. The summed E-state index contributed by atoms with van der Waals surface area (Å²) in [6, 6.07) is 9.60. The van der Waals surface area contributed by atoms with Gasteiger partial charge in [-0.1, -0.05) is 28.1 Å². The monoisotopic (exact) mass is 397 g/mol. The minimum Gasteiger partial charge on any atom is -0.493 e. The molecular formula is C17H17BrFNO4. The van der Waals surface area contributed by atoms with Crippen LogP contribution >= 0.6 is 15.9 Å². The Morgan fingerprint density at radius 2 is 1.96 bits per heavy atom. The van der Waals surface area contributed by atoms with E-state index in [0.717, 1.165) is 15.6 Å². The van der Waals surface area contributed by atoms with Gasteiger partial charge in [-0.3, -0.25) is 4.79 Å². The van der Waals surface area contributed by atoms with Crippen LogP contribution in [-0.4, -0.2) is 24.7 Å². The second-order valence-corrected chi connectivity index (χ2v) is 5.86. The van der Waals surface area contributed by atoms with Crippen LogP contribution in [0.25, 0.3) is 0 Å². The van der Waals surface area contributed by atoms with E-state index in [9.17, 15) is 9.18 Å². The summed E-state index contributed by atoms with van der Waals surface area (Å²) in [5.74, 6) is -0.141. The predicted octanol–water partition coefficient (Wildman–Crippen LogP) is 3.35. The van der Waals surface area contributed by atoms with E-state index in [4.69, 9.17) is 14.6 Å². The molecule has 0 saturated carbocycles. The molecular weight excluding hydrogens is 381 g/mol. The molecule has 0 radical (unpaired) electrons. The van der Waals surface area contributed by atoms with Crippen molar-refractivity contribution >= 4 is 21.9 Å². The first-order valence-corrected chi connectivity index (χ1v) is 7.95. The van der Waals surface area contributed by atoms with Crippen molar-refractivity contribution < 1.29 is 23.8 Å². The van der Waals surface area contributed by atoms with Gasteiger partial charge in [0.15, 0.2) is 11.5 Å². The zero-order valence-corrected chi connectivity index (χ0v) is 14.6. The molecule has 0 aromatic heterocycles. The standard InChI is InChI=1S/C17H17BrFNO4/c1-23-15-6-12(8-20-9-17(21)22)14(18)7-16(15)24-10-11-2-4-13(19)5-3-11/h2-7,20H,8-10H2,1H3,(H,21,22). The number of rotatable bonds is 8. The largest absolute Gasteiger partial charge is 0.493 e. The number of halogens is 2. The lowest BCUT2D eigenvalue weighted by Gasteiger charge is -2.14. The highest BCUT2D eigenvalue weighted by Gasteiger charge is 2.11. The highest BCUT2D eigenvalue weighted by atomic mass is 79.9. The molecule has 0 saturated heterocycles. The van der Waals surface area contributed by atoms with Crippen LogP contribution in [0.1, 0.15) is 11.1 Å². The highest BCUT2D eigenvalue weighted by Crippen LogP contribution is 2.34. The fourth-order valence-electron chi connectivity index (χ4n) is 2.03. The Hall–Kier alpha value is -2.12. The van der Waals surface area contributed by atoms with Crippen LogP contribution < -0.4 is 14.8 Å². The third kappa shape index (κ3) is 5.21. The number of methoxy groups -OCH3 is 1. The van der Waals surface area contributed by atoms with E-state index in [2.05, 4.69) is 21.2 Å². The first-order valence-electron chi connectivity index (χ1n) is 7.15. The van der Waals surface area contributed by atoms with E-state index in [0.29, 0.717) is 18.0 Å². The number of hydrogen-bond acceptors (Lipinski definition) is 4. The van der Waals surface area contributed by atoms with Gasteiger partial charge in [0.05, 0.1) is 13.7 Å². The van der Waals surface area contributed by atoms with E-state index in [1.165, 1.54) is 19.2 Å². The van der Waals surface area contributed by atoms with Crippen molar-refractivity contribution in [1.82, 2.24) is 5.32 Å². The Kier molecular flexibility index (Phi) is 6.57. The molecule has 7 heteroatoms. The predicted molar refractivity (Wildman–Crippen MR) is 90.8 cm³/mol. The third-order valence-corrected chi connectivity index (χ3v) is 3.97. The minimum atomic E-state index is -0.919. The molecule has 5 nitrogen and oxygen atoms in total. The number of carboxylic acid groups (broad SMARTS) is 1. The molecule has 0 aliphatic heterocycles. The lowest BCUT2D eigenvalue weighted by molar-refractivity contribution is -0.135. The maximum absolute atomic E-state index is 12.9. The highest BCUT2D eigenvalue weighted by molar-refractivity contribution is 9.10. The van der Waals surface area contributed by atoms with Gasteiger partial charge in [0, 0.05) is 11.0 Å². The zero-order valence-electron chi connectivity index (χ0n) is 13.0. The average Bonchev–Trinajstić information content (AvgIpc) is 2.55. The van der Waals surface area contributed by atoms with E-state index < -0.39 is 5.97 Å². The van der Waals surface area contributed by atoms with Gasteiger partial charge in [0.25, 0.3) is 0 Å². The van der Waals surface area contributed by atoms with Crippen molar-refractivity contribution in [1.29, 1.82) is 0 Å². The van der Waals surface area contributed by atoms with Crippen molar-refractivity contribution in [2.24, 2.45) is 0 Å². The first kappa shape index (κ1) is 18.2. The molecule has 128 valence electrons. The SMILES string of the molecule is COc1cc(CNCC(=O)O)c(Br)cc1OCc1ccc(F)cc1. The van der Waals surface area contributed by atoms with Gasteiger partial charge in [-0.2, -0.15) is 0 Å². The Morgan fingerprint density at radius 3 is 2.58 bits per heavy atom. The number of carbonyl (C=O) groups is 1. The summed E-state index contributed by atoms with van der Waals surface area (Å²) in [6.07, 6.45) is 0. The van der Waals surface area contributed by atoms with Gasteiger partial charge in [-0.25, -0.2) is 4.39 Å². The van der Waals surface area contributed by atoms with Crippen LogP contribution in [0, 0.1) is 5.82 Å². The van der Waals surface area contributed by atoms with Crippen molar-refractivity contribution in [2.45, 2.75) is 13.2 Å². The number of nitrogens with one attached hydrogen (secondary N) is 1. The molecule has 24 heavy (non-hydrogen) atoms. The molecule has 2 aromatic carbocycles. The van der Waals surface area contributed by atoms with E-state index in [-0.39, 0.29) is 19.0 Å². The molecule has 0 fully saturated rings. The van der Waals surface area contributed by atoms with E-state index >= 15 is 0 Å². The average molecular weight is 398 g/mol. The lowest BCUT2D eigenvalue weighted by atomic mass is 10.2. The quantitative estimate of drug-likeness (QED) is 0.714. The Morgan fingerprint density at radius 1 is 1.25 bits per heavy atom. The Balaban J connectivity index is 2.07. The van der Waals surface area contributed by atoms with Crippen LogP contribution in [0.5, 0.6) is 11.5 Å². The molecule has 0 unspecified atom stereocenters. The summed E-state index contributed by atoms with van der Waals surface area (Å²) >= 11 is 3.44. The van der Waals surface area contributed by atoms with Gasteiger partial charge in [-0.15, -0.1) is 0 Å². The maximum Gasteiger partial charge on any atom is 0.317 e. The molecule has 0 atom stereocenters. The molecule has 0 heterocycles. The number of hydrogen-bond donors (Lipinski definition) is 2. The molecule has 2 N–H and O–H groups in total. The van der Waals surface area contributed by atoms with Crippen LogP contribution in [0.4, 0.5) is 4.39 Å². The first-order chi connectivity index (χ1) is 11.5. The number of carboxylic acids is 1. The van der Waals surface area contributed by atoms with Crippen LogP contribution in [0.15, 0.2) is 40.9 Å². The molecule has 2 rings (SSSR count). The van der Waals surface area contributed by atoms with Crippen LogP contribution in [0.3, 0.4) is 0 Å². The Labute approximate surface area is 147 Å². The van der Waals surface area contributed by atoms with Gasteiger partial charge < -0.3 is 19.9 Å². The van der Waals surface area contributed by atoms with Crippen LogP contribution in [-0.2, 0) is 17.9 Å². The molecule has 0 aliphatic rings. The van der Waals surface area contributed by atoms with E-state index in [1.54, 1.807) is 24.3 Å². The third-order valence-electron chi connectivity index (χ3n) is 3.23. The second kappa shape index (κ2) is 8.65. The van der Waals surface area contributed by atoms with Gasteiger partial charge in [0.1, 0.15) is 12.4 Å². The van der Waals surface area contributed by atoms with Crippen molar-refractivity contribution in [2.75, 3.05) is 13.7 Å². The summed E-state index contributed by atoms with van der Waals surface area (Å²) in [5, 5.41) is 11.5. The van der Waals surface area contributed by atoms with Crippen molar-refractivity contribution in [3.63, 3.8) is 0 Å². The smallest absolute Gasteiger partial charge is 0.317 e. The number of aliphatic carboxylic acids is 1. The normalized spacial score (nSPS) is 10.5. The van der Waals surface area contributed by atoms with Crippen LogP contribution in [0.2, 0.25) is 0 Å². The minimum absolute atomic E-state index is 0.127. The summed E-state index contributed by atoms with van der Waals surface area (Å²) in [4.78, 5) is 10.6. The van der Waals surface area contributed by atoms with E-state index in [1.807, 2.05) is 0 Å². The van der Waals surface area contributed by atoms with Gasteiger partial charge in [-0.05, 0) is 35.4 Å². The fourth-order valence-corrected chi connectivity index (χ4v) is 2.49. The molecule has 2 aromatic rings. The summed E-state index contributed by atoms with van der Waals surface area (Å²) in [5.41, 5.74) is 1.68. The fraction of sp³-hybridized carbons (Fsp3) is 0.235. The van der Waals surface area contributed by atoms with Crippen molar-refractivity contribution in [3.8, 4) is 11.5 Å². The zero-order chi connectivity index (χ0) is 17.5. The number of ether oxygens (including phenoxy) is 2. The van der Waals surface area contributed by atoms with Gasteiger partial charge in [0.2, 0.25) is 0 Å². The maximum atomic E-state index is 12.9. The van der Waals surface area contributed by atoms with Gasteiger partial charge >= 0.3 is 5.97 Å². The summed E-state index contributed by atoms with van der Waals surface area (Å²) in [6.45, 7) is 0.527. The lowest BCUT2D eigenvalue weighted by Crippen LogP contribution is -2.22. The topological polar surface area (TPSA) is 67.8 Å². The number of benzene rings is 2. The Bertz CT molecular complexity index is 706. The summed E-state index contributed by atoms with van der Waals surface area (Å²) in [7, 11) is 1.53. The van der Waals surface area contributed by atoms with Crippen molar-refractivity contribution in [3.05, 3.63) is 57.8 Å². The molecule has 0 spiro atoms. The second-order valence-electron chi connectivity index (χ2n) is 5.01.